The zero-order valence-electron chi connectivity index (χ0n) is 27.1. The van der Waals surface area contributed by atoms with Crippen LogP contribution >= 0.6 is 0 Å². The number of carbonyl (C=O) groups excluding carboxylic acids is 1. The number of phenolic OH excluding ortho intramolecular Hbond substituents is 1. The molecule has 2 aliphatic rings. The lowest BCUT2D eigenvalue weighted by atomic mass is 9.84. The number of pyridine rings is 1. The predicted octanol–water partition coefficient (Wildman–Crippen LogP) is 5.35. The van der Waals surface area contributed by atoms with E-state index in [1.54, 1.807) is 18.2 Å². The van der Waals surface area contributed by atoms with Gasteiger partial charge in [-0.3, -0.25) is 19.1 Å². The fourth-order valence-electron chi connectivity index (χ4n) is 6.77. The summed E-state index contributed by atoms with van der Waals surface area (Å²) in [6, 6.07) is 13.4. The summed E-state index contributed by atoms with van der Waals surface area (Å²) in [6.45, 7) is 8.79. The second-order valence-electron chi connectivity index (χ2n) is 13.5. The summed E-state index contributed by atoms with van der Waals surface area (Å²) in [5.41, 5.74) is 1.17. The van der Waals surface area contributed by atoms with Crippen molar-refractivity contribution in [2.24, 2.45) is 5.92 Å². The van der Waals surface area contributed by atoms with Crippen LogP contribution in [-0.4, -0.2) is 62.0 Å². The summed E-state index contributed by atoms with van der Waals surface area (Å²) in [6.07, 6.45) is 3.62. The largest absolute Gasteiger partial charge is 0.508 e. The number of ether oxygens (including phenoxy) is 2. The molecular weight excluding hydrogens is 603 g/mol. The van der Waals surface area contributed by atoms with Gasteiger partial charge in [0, 0.05) is 37.7 Å². The average Bonchev–Trinajstić information content (AvgIpc) is 3.03. The normalized spacial score (nSPS) is 19.1. The fraction of sp³-hybridized carbons (Fsp3) is 0.444. The van der Waals surface area contributed by atoms with Crippen molar-refractivity contribution in [3.63, 3.8) is 0 Å². The van der Waals surface area contributed by atoms with Crippen LogP contribution in [0.4, 0.5) is 4.39 Å². The highest BCUT2D eigenvalue weighted by atomic mass is 19.1. The molecule has 2 aromatic heterocycles. The van der Waals surface area contributed by atoms with Gasteiger partial charge in [-0.1, -0.05) is 24.3 Å². The van der Waals surface area contributed by atoms with Crippen molar-refractivity contribution >= 4 is 17.0 Å². The third-order valence-corrected chi connectivity index (χ3v) is 9.00. The SMILES string of the molecule is CC(C)(C)OC(=O)CC1CCC(n2c(=O)c3cc(F)cnc3n(-c3cccc(-c4cccc(O)c4CN4CCOCC4)c3)c2=O)CC1. The van der Waals surface area contributed by atoms with Gasteiger partial charge in [-0.25, -0.2) is 18.7 Å². The Morgan fingerprint density at radius 2 is 1.77 bits per heavy atom. The Hall–Kier alpha value is -4.35. The molecule has 1 saturated carbocycles. The maximum Gasteiger partial charge on any atom is 0.337 e. The van der Waals surface area contributed by atoms with Gasteiger partial charge in [0.2, 0.25) is 0 Å². The number of rotatable bonds is 7. The molecule has 248 valence electrons. The standard InChI is InChI=1S/C36H41FN4O6/c1-36(2,3)47-32(43)18-23-10-12-26(13-11-23)41-34(44)29-20-25(37)21-38-33(29)40(35(41)45)27-7-4-6-24(19-27)28-8-5-9-31(42)30(28)22-39-14-16-46-17-15-39/h4-9,19-21,23,26,42H,10-18,22H2,1-3H3. The van der Waals surface area contributed by atoms with Crippen LogP contribution in [0, 0.1) is 11.7 Å². The van der Waals surface area contributed by atoms with E-state index >= 15 is 0 Å². The van der Waals surface area contributed by atoms with Crippen molar-refractivity contribution in [1.29, 1.82) is 0 Å². The fourth-order valence-corrected chi connectivity index (χ4v) is 6.77. The highest BCUT2D eigenvalue weighted by molar-refractivity contribution is 5.77. The molecule has 1 saturated heterocycles. The number of esters is 1. The zero-order chi connectivity index (χ0) is 33.3. The van der Waals surface area contributed by atoms with Gasteiger partial charge >= 0.3 is 11.7 Å². The van der Waals surface area contributed by atoms with Gasteiger partial charge in [0.15, 0.2) is 5.65 Å². The number of benzene rings is 2. The van der Waals surface area contributed by atoms with Gasteiger partial charge in [-0.2, -0.15) is 0 Å². The molecule has 0 atom stereocenters. The van der Waals surface area contributed by atoms with E-state index < -0.39 is 28.7 Å². The first-order valence-corrected chi connectivity index (χ1v) is 16.2. The lowest BCUT2D eigenvalue weighted by Crippen LogP contribution is -2.43. The van der Waals surface area contributed by atoms with E-state index in [2.05, 4.69) is 9.88 Å². The van der Waals surface area contributed by atoms with Gasteiger partial charge in [0.05, 0.1) is 30.5 Å². The van der Waals surface area contributed by atoms with Crippen molar-refractivity contribution in [2.45, 2.75) is 71.1 Å². The van der Waals surface area contributed by atoms with Crippen LogP contribution in [0.3, 0.4) is 0 Å². The molecule has 1 aliphatic heterocycles. The molecule has 47 heavy (non-hydrogen) atoms. The van der Waals surface area contributed by atoms with Gasteiger partial charge in [-0.15, -0.1) is 0 Å². The molecule has 2 fully saturated rings. The summed E-state index contributed by atoms with van der Waals surface area (Å²) in [7, 11) is 0. The molecule has 3 heterocycles. The van der Waals surface area contributed by atoms with E-state index in [9.17, 15) is 23.9 Å². The maximum absolute atomic E-state index is 14.5. The van der Waals surface area contributed by atoms with Crippen LogP contribution in [0.15, 0.2) is 64.3 Å². The predicted molar refractivity (Wildman–Crippen MR) is 176 cm³/mol. The summed E-state index contributed by atoms with van der Waals surface area (Å²) >= 11 is 0. The minimum absolute atomic E-state index is 0.0104. The molecule has 1 N–H and O–H groups in total. The van der Waals surface area contributed by atoms with Crippen molar-refractivity contribution < 1.29 is 23.8 Å². The monoisotopic (exact) mass is 644 g/mol. The summed E-state index contributed by atoms with van der Waals surface area (Å²) in [5, 5.41) is 10.9. The average molecular weight is 645 g/mol. The molecule has 0 radical (unpaired) electrons. The Morgan fingerprint density at radius 3 is 2.49 bits per heavy atom. The first kappa shape index (κ1) is 32.6. The first-order chi connectivity index (χ1) is 22.5. The smallest absolute Gasteiger partial charge is 0.337 e. The van der Waals surface area contributed by atoms with Crippen LogP contribution in [0.2, 0.25) is 0 Å². The molecule has 0 spiro atoms. The number of halogens is 1. The highest BCUT2D eigenvalue weighted by Crippen LogP contribution is 2.35. The van der Waals surface area contributed by atoms with Crippen molar-refractivity contribution in [3.8, 4) is 22.6 Å². The van der Waals surface area contributed by atoms with Gasteiger partial charge in [0.25, 0.3) is 5.56 Å². The molecular formula is C36H41FN4O6. The van der Waals surface area contributed by atoms with Crippen LogP contribution in [0.25, 0.3) is 27.8 Å². The number of morpholine rings is 1. The molecule has 10 nitrogen and oxygen atoms in total. The van der Waals surface area contributed by atoms with Gasteiger partial charge in [-0.05, 0) is 87.8 Å². The highest BCUT2D eigenvalue weighted by Gasteiger charge is 2.29. The Morgan fingerprint density at radius 1 is 1.04 bits per heavy atom. The van der Waals surface area contributed by atoms with Crippen LogP contribution < -0.4 is 11.2 Å². The van der Waals surface area contributed by atoms with E-state index in [1.165, 1.54) is 9.13 Å². The number of hydrogen-bond donors (Lipinski definition) is 1. The summed E-state index contributed by atoms with van der Waals surface area (Å²) in [4.78, 5) is 47.0. The number of aromatic hydroxyl groups is 1. The number of aromatic nitrogens is 3. The topological polar surface area (TPSA) is 116 Å². The molecule has 0 bridgehead atoms. The summed E-state index contributed by atoms with van der Waals surface area (Å²) < 4.78 is 28.1. The first-order valence-electron chi connectivity index (χ1n) is 16.2. The number of hydrogen-bond acceptors (Lipinski definition) is 8. The second-order valence-corrected chi connectivity index (χ2v) is 13.5. The zero-order valence-corrected chi connectivity index (χ0v) is 27.1. The van der Waals surface area contributed by atoms with E-state index in [-0.39, 0.29) is 35.1 Å². The molecule has 0 unspecified atom stereocenters. The molecule has 11 heteroatoms. The quantitative estimate of drug-likeness (QED) is 0.268. The number of carbonyl (C=O) groups is 1. The molecule has 0 amide bonds. The van der Waals surface area contributed by atoms with Crippen molar-refractivity contribution in [3.05, 3.63) is 86.9 Å². The van der Waals surface area contributed by atoms with Gasteiger partial charge in [0.1, 0.15) is 17.2 Å². The Bertz CT molecular complexity index is 1900. The Kier molecular flexibility index (Phi) is 9.29. The Labute approximate surface area is 272 Å². The van der Waals surface area contributed by atoms with E-state index in [1.807, 2.05) is 45.0 Å². The third-order valence-electron chi connectivity index (χ3n) is 9.00. The minimum atomic E-state index is -0.673. The minimum Gasteiger partial charge on any atom is -0.508 e. The molecule has 4 aromatic rings. The van der Waals surface area contributed by atoms with Crippen LogP contribution in [0.1, 0.15) is 64.5 Å². The maximum atomic E-state index is 14.5. The second kappa shape index (κ2) is 13.4. The molecule has 2 aromatic carbocycles. The number of nitrogens with zero attached hydrogens (tertiary/aromatic N) is 4. The number of fused-ring (bicyclic) bond motifs is 1. The number of phenols is 1. The van der Waals surface area contributed by atoms with Crippen molar-refractivity contribution in [1.82, 2.24) is 19.0 Å². The lowest BCUT2D eigenvalue weighted by Gasteiger charge is -2.30. The molecule has 1 aliphatic carbocycles. The van der Waals surface area contributed by atoms with Crippen LogP contribution in [-0.2, 0) is 20.8 Å². The lowest BCUT2D eigenvalue weighted by molar-refractivity contribution is -0.156. The van der Waals surface area contributed by atoms with Crippen LogP contribution in [0.5, 0.6) is 5.75 Å². The van der Waals surface area contributed by atoms with E-state index in [0.29, 0.717) is 51.1 Å². The van der Waals surface area contributed by atoms with E-state index in [0.717, 1.165) is 42.0 Å². The Balaban J connectivity index is 1.37. The third kappa shape index (κ3) is 7.16. The van der Waals surface area contributed by atoms with E-state index in [4.69, 9.17) is 9.47 Å². The molecule has 6 rings (SSSR count). The van der Waals surface area contributed by atoms with Gasteiger partial charge < -0.3 is 14.6 Å². The summed E-state index contributed by atoms with van der Waals surface area (Å²) in [5.74, 6) is -0.666. The van der Waals surface area contributed by atoms with Crippen molar-refractivity contribution in [2.75, 3.05) is 26.3 Å².